The van der Waals surface area contributed by atoms with Gasteiger partial charge in [-0.25, -0.2) is 13.2 Å². The second-order valence-corrected chi connectivity index (χ2v) is 11.1. The summed E-state index contributed by atoms with van der Waals surface area (Å²) < 4.78 is 51.3. The quantitative estimate of drug-likeness (QED) is 0.502. The number of nitrogens with one attached hydrogen (secondary N) is 1. The predicted molar refractivity (Wildman–Crippen MR) is 135 cm³/mol. The average Bonchev–Trinajstić information content (AvgIpc) is 3.47. The highest BCUT2D eigenvalue weighted by molar-refractivity contribution is 7.92. The van der Waals surface area contributed by atoms with Crippen LogP contribution in [0.25, 0.3) is 0 Å². The molecule has 0 aliphatic carbocycles. The van der Waals surface area contributed by atoms with Gasteiger partial charge in [-0.3, -0.25) is 9.62 Å². The third-order valence-corrected chi connectivity index (χ3v) is 8.53. The van der Waals surface area contributed by atoms with Crippen molar-refractivity contribution < 1.29 is 32.2 Å². The van der Waals surface area contributed by atoms with E-state index in [4.69, 9.17) is 18.9 Å². The van der Waals surface area contributed by atoms with Crippen LogP contribution in [0.3, 0.4) is 0 Å². The number of nitrogens with zero attached hydrogens (tertiary/aromatic N) is 1. The smallest absolute Gasteiger partial charge is 0.339 e. The SMILES string of the molecule is COc1c2c(cc3c1C(C1OC(=O)c4cc(NS(=O)(=O)c5ccc(C)cc5)ccc41)N(C)CC3)OCO2. The molecule has 3 aromatic rings. The van der Waals surface area contributed by atoms with Gasteiger partial charge in [0.2, 0.25) is 12.5 Å². The Hall–Kier alpha value is -3.76. The number of hydrogen-bond donors (Lipinski definition) is 1. The van der Waals surface area contributed by atoms with Gasteiger partial charge in [-0.2, -0.15) is 0 Å². The van der Waals surface area contributed by atoms with Gasteiger partial charge in [-0.05, 0) is 56.3 Å². The zero-order chi connectivity index (χ0) is 25.9. The van der Waals surface area contributed by atoms with Crippen molar-refractivity contribution >= 4 is 21.7 Å². The molecule has 3 aliphatic heterocycles. The zero-order valence-corrected chi connectivity index (χ0v) is 21.4. The summed E-state index contributed by atoms with van der Waals surface area (Å²) in [6, 6.07) is 13.1. The maximum absolute atomic E-state index is 13.0. The van der Waals surface area contributed by atoms with Crippen LogP contribution in [0.5, 0.6) is 17.2 Å². The van der Waals surface area contributed by atoms with Gasteiger partial charge in [0.25, 0.3) is 10.0 Å². The monoisotopic (exact) mass is 522 g/mol. The maximum Gasteiger partial charge on any atom is 0.339 e. The van der Waals surface area contributed by atoms with Crippen LogP contribution < -0.4 is 18.9 Å². The first-order valence-corrected chi connectivity index (χ1v) is 13.4. The van der Waals surface area contributed by atoms with Crippen LogP contribution in [0.1, 0.15) is 44.8 Å². The highest BCUT2D eigenvalue weighted by Gasteiger charge is 2.44. The molecular formula is C27H26N2O7S. The molecule has 0 fully saturated rings. The number of likely N-dealkylation sites (N-methyl/N-ethyl adjacent to an activating group) is 1. The normalized spacial score (nSPS) is 20.2. The number of aryl methyl sites for hydroxylation is 1. The predicted octanol–water partition coefficient (Wildman–Crippen LogP) is 3.97. The first kappa shape index (κ1) is 23.6. The molecule has 3 heterocycles. The van der Waals surface area contributed by atoms with E-state index in [0.29, 0.717) is 28.4 Å². The number of carbonyl (C=O) groups excluding carboxylic acids is 1. The summed E-state index contributed by atoms with van der Waals surface area (Å²) in [5, 5.41) is 0. The zero-order valence-electron chi connectivity index (χ0n) is 20.6. The van der Waals surface area contributed by atoms with Crippen molar-refractivity contribution in [1.29, 1.82) is 0 Å². The number of methoxy groups -OCH3 is 1. The molecule has 0 saturated heterocycles. The Labute approximate surface area is 214 Å². The van der Waals surface area contributed by atoms with Gasteiger partial charge in [0.15, 0.2) is 11.5 Å². The lowest BCUT2D eigenvalue weighted by Crippen LogP contribution is -2.36. The molecular weight excluding hydrogens is 496 g/mol. The lowest BCUT2D eigenvalue weighted by molar-refractivity contribution is 0.00881. The molecule has 3 aliphatic rings. The summed E-state index contributed by atoms with van der Waals surface area (Å²) in [4.78, 5) is 15.3. The van der Waals surface area contributed by atoms with E-state index in [2.05, 4.69) is 9.62 Å². The number of hydrogen-bond acceptors (Lipinski definition) is 8. The van der Waals surface area contributed by atoms with Gasteiger partial charge in [0, 0.05) is 23.4 Å². The van der Waals surface area contributed by atoms with Crippen LogP contribution in [0.15, 0.2) is 53.4 Å². The van der Waals surface area contributed by atoms with Crippen molar-refractivity contribution in [3.63, 3.8) is 0 Å². The Morgan fingerprint density at radius 2 is 1.86 bits per heavy atom. The molecule has 2 atom stereocenters. The molecule has 37 heavy (non-hydrogen) atoms. The Morgan fingerprint density at radius 3 is 2.62 bits per heavy atom. The van der Waals surface area contributed by atoms with E-state index in [0.717, 1.165) is 29.7 Å². The Bertz CT molecular complexity index is 1520. The van der Waals surface area contributed by atoms with Crippen molar-refractivity contribution in [3.05, 3.63) is 76.3 Å². The van der Waals surface area contributed by atoms with Crippen LogP contribution in [-0.4, -0.2) is 46.8 Å². The molecule has 0 spiro atoms. The Morgan fingerprint density at radius 1 is 1.08 bits per heavy atom. The number of anilines is 1. The molecule has 6 rings (SSSR count). The Kier molecular flexibility index (Phi) is 5.54. The minimum absolute atomic E-state index is 0.123. The van der Waals surface area contributed by atoms with E-state index >= 15 is 0 Å². The molecule has 0 saturated carbocycles. The van der Waals surface area contributed by atoms with E-state index in [1.807, 2.05) is 20.0 Å². The molecule has 192 valence electrons. The van der Waals surface area contributed by atoms with E-state index in [-0.39, 0.29) is 23.4 Å². The Balaban J connectivity index is 1.37. The largest absolute Gasteiger partial charge is 0.492 e. The number of sulfonamides is 1. The standard InChI is InChI=1S/C27H26N2O7S/c1-15-4-7-18(8-5-15)37(31,32)28-17-6-9-19-20(13-17)27(30)36-24(19)23-22-16(10-11-29(23)2)12-21-25(26(22)33-3)35-14-34-21/h4-9,12-13,23-24,28H,10-11,14H2,1-3H3. The van der Waals surface area contributed by atoms with Crippen LogP contribution in [0.2, 0.25) is 0 Å². The molecule has 0 aromatic heterocycles. The van der Waals surface area contributed by atoms with Gasteiger partial charge in [-0.15, -0.1) is 0 Å². The van der Waals surface area contributed by atoms with Crippen LogP contribution in [-0.2, 0) is 21.2 Å². The van der Waals surface area contributed by atoms with E-state index in [1.54, 1.807) is 43.5 Å². The number of rotatable bonds is 5. The van der Waals surface area contributed by atoms with Crippen molar-refractivity contribution in [2.24, 2.45) is 0 Å². The van der Waals surface area contributed by atoms with Gasteiger partial charge in [0.05, 0.1) is 23.6 Å². The van der Waals surface area contributed by atoms with Gasteiger partial charge < -0.3 is 18.9 Å². The topological polar surface area (TPSA) is 103 Å². The number of esters is 1. The van der Waals surface area contributed by atoms with E-state index in [1.165, 1.54) is 6.07 Å². The summed E-state index contributed by atoms with van der Waals surface area (Å²) in [5.41, 5.74) is 4.21. The fourth-order valence-electron chi connectivity index (χ4n) is 5.30. The molecule has 0 amide bonds. The fourth-order valence-corrected chi connectivity index (χ4v) is 6.35. The number of ether oxygens (including phenoxy) is 4. The van der Waals surface area contributed by atoms with Crippen LogP contribution >= 0.6 is 0 Å². The van der Waals surface area contributed by atoms with Crippen molar-refractivity contribution in [2.45, 2.75) is 30.4 Å². The molecule has 3 aromatic carbocycles. The molecule has 0 radical (unpaired) electrons. The maximum atomic E-state index is 13.0. The van der Waals surface area contributed by atoms with Crippen molar-refractivity contribution in [3.8, 4) is 17.2 Å². The summed E-state index contributed by atoms with van der Waals surface area (Å²) >= 11 is 0. The molecule has 9 nitrogen and oxygen atoms in total. The summed E-state index contributed by atoms with van der Waals surface area (Å²) in [6.07, 6.45) is 0.173. The minimum atomic E-state index is -3.82. The lowest BCUT2D eigenvalue weighted by Gasteiger charge is -2.38. The van der Waals surface area contributed by atoms with E-state index in [9.17, 15) is 13.2 Å². The summed E-state index contributed by atoms with van der Waals surface area (Å²) in [5.74, 6) is 1.27. The second-order valence-electron chi connectivity index (χ2n) is 9.44. The van der Waals surface area contributed by atoms with Gasteiger partial charge in [0.1, 0.15) is 6.10 Å². The van der Waals surface area contributed by atoms with E-state index < -0.39 is 22.1 Å². The average molecular weight is 523 g/mol. The highest BCUT2D eigenvalue weighted by atomic mass is 32.2. The second kappa shape index (κ2) is 8.67. The third kappa shape index (κ3) is 3.87. The molecule has 10 heteroatoms. The van der Waals surface area contributed by atoms with Crippen molar-refractivity contribution in [1.82, 2.24) is 4.90 Å². The molecule has 2 unspecified atom stereocenters. The lowest BCUT2D eigenvalue weighted by atomic mass is 9.85. The minimum Gasteiger partial charge on any atom is -0.492 e. The summed E-state index contributed by atoms with van der Waals surface area (Å²) in [7, 11) is -0.248. The highest BCUT2D eigenvalue weighted by Crippen LogP contribution is 2.54. The van der Waals surface area contributed by atoms with Crippen LogP contribution in [0.4, 0.5) is 5.69 Å². The number of cyclic esters (lactones) is 1. The first-order valence-electron chi connectivity index (χ1n) is 11.9. The van der Waals surface area contributed by atoms with Crippen molar-refractivity contribution in [2.75, 3.05) is 32.2 Å². The molecule has 0 bridgehead atoms. The van der Waals surface area contributed by atoms with Crippen LogP contribution in [0, 0.1) is 6.92 Å². The first-order chi connectivity index (χ1) is 17.8. The summed E-state index contributed by atoms with van der Waals surface area (Å²) in [6.45, 7) is 2.76. The van der Waals surface area contributed by atoms with Gasteiger partial charge in [-0.1, -0.05) is 23.8 Å². The number of benzene rings is 3. The van der Waals surface area contributed by atoms with Gasteiger partial charge >= 0.3 is 5.97 Å². The molecule has 1 N–H and O–H groups in total. The number of carbonyl (C=O) groups is 1. The number of fused-ring (bicyclic) bond motifs is 3. The third-order valence-electron chi connectivity index (χ3n) is 7.14. The fraction of sp³-hybridized carbons (Fsp3) is 0.296.